The largest absolute Gasteiger partial charge is 0.392 e. The number of carbonyl (C=O) groups is 1. The van der Waals surface area contributed by atoms with Crippen LogP contribution in [0.4, 0.5) is 14.6 Å². The van der Waals surface area contributed by atoms with Crippen LogP contribution < -0.4 is 5.32 Å². The van der Waals surface area contributed by atoms with Crippen LogP contribution in [0.15, 0.2) is 48.7 Å². The van der Waals surface area contributed by atoms with E-state index in [1.54, 1.807) is 19.1 Å². The van der Waals surface area contributed by atoms with Crippen LogP contribution in [0, 0.1) is 18.6 Å². The summed E-state index contributed by atoms with van der Waals surface area (Å²) in [6.07, 6.45) is 1.43. The van der Waals surface area contributed by atoms with Crippen LogP contribution in [0.3, 0.4) is 0 Å². The highest BCUT2D eigenvalue weighted by Gasteiger charge is 2.11. The van der Waals surface area contributed by atoms with Crippen molar-refractivity contribution in [2.24, 2.45) is 0 Å². The fraction of sp³-hybridized carbons (Fsp3) is 0.150. The lowest BCUT2D eigenvalue weighted by atomic mass is 10.1. The van der Waals surface area contributed by atoms with Gasteiger partial charge < -0.3 is 10.4 Å². The number of anilines is 1. The molecule has 0 aliphatic rings. The van der Waals surface area contributed by atoms with Gasteiger partial charge in [-0.3, -0.25) is 4.79 Å². The number of halogens is 2. The number of aliphatic hydroxyl groups excluding tert-OH is 1. The fourth-order valence-electron chi connectivity index (χ4n) is 2.54. The molecule has 138 valence electrons. The van der Waals surface area contributed by atoms with Crippen LogP contribution >= 0.6 is 0 Å². The molecule has 2 aromatic carbocycles. The Hall–Kier alpha value is -3.19. The van der Waals surface area contributed by atoms with E-state index >= 15 is 0 Å². The summed E-state index contributed by atoms with van der Waals surface area (Å²) in [5.41, 5.74) is 3.15. The molecular formula is C20H17F2N3O2. The highest BCUT2D eigenvalue weighted by Crippen LogP contribution is 2.20. The molecule has 0 unspecified atom stereocenters. The average Bonchev–Trinajstić information content (AvgIpc) is 2.66. The lowest BCUT2D eigenvalue weighted by Gasteiger charge is -2.09. The number of nitrogens with one attached hydrogen (secondary N) is 1. The summed E-state index contributed by atoms with van der Waals surface area (Å²) in [5.74, 6) is -2.05. The number of benzene rings is 2. The molecule has 0 radical (unpaired) electrons. The average molecular weight is 369 g/mol. The molecule has 7 heteroatoms. The Morgan fingerprint density at radius 2 is 1.78 bits per heavy atom. The van der Waals surface area contributed by atoms with E-state index in [2.05, 4.69) is 15.3 Å². The van der Waals surface area contributed by atoms with Crippen molar-refractivity contribution >= 4 is 11.7 Å². The van der Waals surface area contributed by atoms with Crippen molar-refractivity contribution in [2.75, 3.05) is 5.32 Å². The monoisotopic (exact) mass is 369 g/mol. The van der Waals surface area contributed by atoms with Gasteiger partial charge in [-0.2, -0.15) is 0 Å². The highest BCUT2D eigenvalue weighted by molar-refractivity contribution is 5.91. The summed E-state index contributed by atoms with van der Waals surface area (Å²) in [7, 11) is 0. The first-order valence-corrected chi connectivity index (χ1v) is 8.24. The molecule has 0 atom stereocenters. The Labute approximate surface area is 154 Å². The van der Waals surface area contributed by atoms with E-state index in [-0.39, 0.29) is 13.0 Å². The van der Waals surface area contributed by atoms with Gasteiger partial charge in [-0.25, -0.2) is 18.7 Å². The van der Waals surface area contributed by atoms with E-state index in [1.165, 1.54) is 12.3 Å². The molecule has 1 amide bonds. The Morgan fingerprint density at radius 1 is 1.07 bits per heavy atom. The van der Waals surface area contributed by atoms with Gasteiger partial charge in [0, 0.05) is 5.56 Å². The summed E-state index contributed by atoms with van der Waals surface area (Å²) >= 11 is 0. The predicted molar refractivity (Wildman–Crippen MR) is 96.8 cm³/mol. The number of hydrogen-bond donors (Lipinski definition) is 2. The lowest BCUT2D eigenvalue weighted by molar-refractivity contribution is -0.115. The quantitative estimate of drug-likeness (QED) is 0.723. The van der Waals surface area contributed by atoms with Crippen LogP contribution in [-0.2, 0) is 17.8 Å². The second kappa shape index (κ2) is 8.01. The zero-order valence-electron chi connectivity index (χ0n) is 14.5. The van der Waals surface area contributed by atoms with Gasteiger partial charge in [-0.1, -0.05) is 30.3 Å². The van der Waals surface area contributed by atoms with Crippen molar-refractivity contribution in [3.8, 4) is 11.3 Å². The number of hydrogen-bond acceptors (Lipinski definition) is 4. The number of aryl methyl sites for hydroxylation is 1. The SMILES string of the molecule is Cc1nc(-c2ccc(CO)cc2)cnc1NC(=O)Cc1ccc(F)c(F)c1. The molecule has 3 rings (SSSR count). The number of amides is 1. The third kappa shape index (κ3) is 4.51. The van der Waals surface area contributed by atoms with Crippen molar-refractivity contribution in [1.29, 1.82) is 0 Å². The van der Waals surface area contributed by atoms with Crippen LogP contribution in [0.5, 0.6) is 0 Å². The number of aliphatic hydroxyl groups is 1. The third-order valence-electron chi connectivity index (χ3n) is 3.99. The lowest BCUT2D eigenvalue weighted by Crippen LogP contribution is -2.17. The van der Waals surface area contributed by atoms with Crippen molar-refractivity contribution < 1.29 is 18.7 Å². The number of aromatic nitrogens is 2. The van der Waals surface area contributed by atoms with Gasteiger partial charge in [-0.05, 0) is 30.2 Å². The third-order valence-corrected chi connectivity index (χ3v) is 3.99. The van der Waals surface area contributed by atoms with Gasteiger partial charge in [0.1, 0.15) is 0 Å². The van der Waals surface area contributed by atoms with Gasteiger partial charge in [-0.15, -0.1) is 0 Å². The molecule has 0 aliphatic heterocycles. The Balaban J connectivity index is 1.71. The summed E-state index contributed by atoms with van der Waals surface area (Å²) in [6.45, 7) is 1.68. The smallest absolute Gasteiger partial charge is 0.229 e. The zero-order valence-corrected chi connectivity index (χ0v) is 14.5. The Bertz CT molecular complexity index is 975. The molecule has 0 saturated heterocycles. The molecule has 1 aromatic heterocycles. The second-order valence-corrected chi connectivity index (χ2v) is 6.02. The maximum absolute atomic E-state index is 13.2. The molecule has 0 saturated carbocycles. The summed E-state index contributed by atoms with van der Waals surface area (Å²) in [5, 5.41) is 11.7. The molecule has 0 bridgehead atoms. The minimum atomic E-state index is -0.993. The van der Waals surface area contributed by atoms with Crippen LogP contribution in [0.25, 0.3) is 11.3 Å². The molecular weight excluding hydrogens is 352 g/mol. The standard InChI is InChI=1S/C20H17F2N3O2/c1-12-20(25-19(27)9-14-4-7-16(21)17(22)8-14)23-10-18(24-12)15-5-2-13(11-26)3-6-15/h2-8,10,26H,9,11H2,1H3,(H,23,25,27). The molecule has 1 heterocycles. The van der Waals surface area contributed by atoms with E-state index < -0.39 is 17.5 Å². The van der Waals surface area contributed by atoms with E-state index in [1.807, 2.05) is 12.1 Å². The van der Waals surface area contributed by atoms with Crippen molar-refractivity contribution in [3.63, 3.8) is 0 Å². The van der Waals surface area contributed by atoms with Gasteiger partial charge in [0.05, 0.1) is 30.6 Å². The van der Waals surface area contributed by atoms with Gasteiger partial charge >= 0.3 is 0 Å². The normalized spacial score (nSPS) is 10.7. The van der Waals surface area contributed by atoms with Gasteiger partial charge in [0.2, 0.25) is 5.91 Å². The molecule has 2 N–H and O–H groups in total. The zero-order chi connectivity index (χ0) is 19.4. The summed E-state index contributed by atoms with van der Waals surface area (Å²) in [6, 6.07) is 10.6. The molecule has 0 fully saturated rings. The maximum atomic E-state index is 13.2. The minimum absolute atomic E-state index is 0.0338. The summed E-state index contributed by atoms with van der Waals surface area (Å²) < 4.78 is 26.2. The molecule has 0 spiro atoms. The van der Waals surface area contributed by atoms with E-state index in [0.29, 0.717) is 22.8 Å². The predicted octanol–water partition coefficient (Wildman–Crippen LogP) is 3.40. The number of nitrogens with zero attached hydrogens (tertiary/aromatic N) is 2. The number of carbonyl (C=O) groups excluding carboxylic acids is 1. The van der Waals surface area contributed by atoms with Crippen LogP contribution in [-0.4, -0.2) is 21.0 Å². The van der Waals surface area contributed by atoms with Gasteiger partial charge in [0.15, 0.2) is 17.5 Å². The fourth-order valence-corrected chi connectivity index (χ4v) is 2.54. The first-order chi connectivity index (χ1) is 13.0. The van der Waals surface area contributed by atoms with E-state index in [0.717, 1.165) is 23.3 Å². The summed E-state index contributed by atoms with van der Waals surface area (Å²) in [4.78, 5) is 20.8. The van der Waals surface area contributed by atoms with E-state index in [9.17, 15) is 13.6 Å². The first-order valence-electron chi connectivity index (χ1n) is 8.24. The Kier molecular flexibility index (Phi) is 5.52. The van der Waals surface area contributed by atoms with Crippen molar-refractivity contribution in [3.05, 3.63) is 77.1 Å². The first kappa shape index (κ1) is 18.6. The topological polar surface area (TPSA) is 75.1 Å². The van der Waals surface area contributed by atoms with Gasteiger partial charge in [0.25, 0.3) is 0 Å². The number of rotatable bonds is 5. The molecule has 27 heavy (non-hydrogen) atoms. The van der Waals surface area contributed by atoms with Crippen molar-refractivity contribution in [2.45, 2.75) is 20.0 Å². The Morgan fingerprint density at radius 3 is 2.41 bits per heavy atom. The minimum Gasteiger partial charge on any atom is -0.392 e. The maximum Gasteiger partial charge on any atom is 0.229 e. The highest BCUT2D eigenvalue weighted by atomic mass is 19.2. The molecule has 5 nitrogen and oxygen atoms in total. The van der Waals surface area contributed by atoms with E-state index in [4.69, 9.17) is 5.11 Å². The van der Waals surface area contributed by atoms with Crippen LogP contribution in [0.1, 0.15) is 16.8 Å². The van der Waals surface area contributed by atoms with Crippen LogP contribution in [0.2, 0.25) is 0 Å². The molecule has 0 aliphatic carbocycles. The van der Waals surface area contributed by atoms with Crippen molar-refractivity contribution in [1.82, 2.24) is 9.97 Å². The second-order valence-electron chi connectivity index (χ2n) is 6.02. The molecule has 3 aromatic rings.